The van der Waals surface area contributed by atoms with Gasteiger partial charge in [0.25, 0.3) is 0 Å². The number of pyridine rings is 1. The zero-order valence-corrected chi connectivity index (χ0v) is 25.0. The van der Waals surface area contributed by atoms with Crippen LogP contribution in [0, 0.1) is 18.3 Å². The maximum absolute atomic E-state index is 10.4. The molecule has 7 aromatic rings. The van der Waals surface area contributed by atoms with E-state index in [1.807, 2.05) is 42.5 Å². The van der Waals surface area contributed by atoms with Crippen LogP contribution in [0.2, 0.25) is 19.6 Å². The molecule has 198 valence electrons. The maximum Gasteiger partial charge on any atom is 0.216 e. The summed E-state index contributed by atoms with van der Waals surface area (Å²) in [6.45, 7) is 9.22. The van der Waals surface area contributed by atoms with Crippen molar-refractivity contribution in [3.8, 4) is 28.5 Å². The Hall–Kier alpha value is -4.72. The number of benzene rings is 5. The molecule has 7 rings (SSSR count). The van der Waals surface area contributed by atoms with E-state index in [9.17, 15) is 6.63 Å². The van der Waals surface area contributed by atoms with E-state index >= 15 is 0 Å². The van der Waals surface area contributed by atoms with Gasteiger partial charge in [0.1, 0.15) is 18.2 Å². The Morgan fingerprint density at radius 1 is 0.780 bits per heavy atom. The zero-order chi connectivity index (χ0) is 29.3. The average molecular weight is 549 g/mol. The highest BCUT2D eigenvalue weighted by atomic mass is 28.3. The van der Waals surface area contributed by atoms with Crippen molar-refractivity contribution in [2.75, 3.05) is 0 Å². The molecular weight excluding hydrogens is 517 g/mol. The van der Waals surface area contributed by atoms with Gasteiger partial charge in [0.15, 0.2) is 6.20 Å². The predicted molar refractivity (Wildman–Crippen MR) is 173 cm³/mol. The molecule has 0 saturated heterocycles. The fourth-order valence-electron chi connectivity index (χ4n) is 6.11. The van der Waals surface area contributed by atoms with Gasteiger partial charge in [-0.15, -0.1) is 0 Å². The number of nitriles is 1. The number of aryl methyl sites for hydroxylation is 2. The second-order valence-corrected chi connectivity index (χ2v) is 17.0. The largest absolute Gasteiger partial charge is 0.454 e. The van der Waals surface area contributed by atoms with E-state index < -0.39 is 8.07 Å². The molecule has 0 aliphatic carbocycles. The van der Waals surface area contributed by atoms with Crippen molar-refractivity contribution in [2.45, 2.75) is 26.6 Å². The average Bonchev–Trinajstić information content (AvgIpc) is 3.36. The molecule has 0 atom stereocenters. The monoisotopic (exact) mass is 548 g/mol. The van der Waals surface area contributed by atoms with E-state index in [-0.39, 0.29) is 0 Å². The first-order valence-electron chi connectivity index (χ1n) is 14.5. The van der Waals surface area contributed by atoms with Crippen LogP contribution in [-0.2, 0) is 7.05 Å². The fraction of sp³-hybridized carbons (Fsp3) is 0.135. The summed E-state index contributed by atoms with van der Waals surface area (Å²) in [6.07, 6.45) is 2.15. The van der Waals surface area contributed by atoms with Crippen LogP contribution in [0.5, 0.6) is 0 Å². The highest BCUT2D eigenvalue weighted by molar-refractivity contribution is 6.88. The Kier molecular flexibility index (Phi) is 5.38. The van der Waals surface area contributed by atoms with Crippen LogP contribution in [0.25, 0.3) is 65.9 Å². The molecule has 5 aromatic carbocycles. The summed E-state index contributed by atoms with van der Waals surface area (Å²) in [5, 5.41) is 17.6. The molecule has 0 aliphatic rings. The predicted octanol–water partition coefficient (Wildman–Crippen LogP) is 8.78. The molecule has 0 radical (unpaired) electrons. The van der Waals surface area contributed by atoms with Gasteiger partial charge in [0, 0.05) is 28.5 Å². The highest BCUT2D eigenvalue weighted by Crippen LogP contribution is 2.44. The molecule has 0 bridgehead atoms. The Morgan fingerprint density at radius 3 is 2.17 bits per heavy atom. The zero-order valence-electron chi connectivity index (χ0n) is 25.0. The summed E-state index contributed by atoms with van der Waals surface area (Å²) in [5.74, 6) is 0. The summed E-state index contributed by atoms with van der Waals surface area (Å²) in [7, 11) is 0.522. The smallest absolute Gasteiger partial charge is 0.216 e. The normalized spacial score (nSPS) is 12.3. The summed E-state index contributed by atoms with van der Waals surface area (Å²) < 4.78 is 18.5. The van der Waals surface area contributed by atoms with Gasteiger partial charge in [-0.1, -0.05) is 80.3 Å². The molecule has 4 heteroatoms. The molecular formula is C37H31N2OSi+. The first-order valence-corrected chi connectivity index (χ1v) is 17.5. The van der Waals surface area contributed by atoms with Crippen molar-refractivity contribution in [3.63, 3.8) is 0 Å². The van der Waals surface area contributed by atoms with E-state index in [0.717, 1.165) is 60.3 Å². The van der Waals surface area contributed by atoms with Gasteiger partial charge >= 0.3 is 0 Å². The number of furan rings is 1. The lowest BCUT2D eigenvalue weighted by atomic mass is 9.90. The molecule has 3 nitrogen and oxygen atoms in total. The van der Waals surface area contributed by atoms with Crippen molar-refractivity contribution in [1.29, 1.82) is 5.26 Å². The van der Waals surface area contributed by atoms with Gasteiger partial charge in [0.2, 0.25) is 5.69 Å². The van der Waals surface area contributed by atoms with Gasteiger partial charge in [-0.05, 0) is 63.0 Å². The molecule has 0 amide bonds. The highest BCUT2D eigenvalue weighted by Gasteiger charge is 2.26. The maximum atomic E-state index is 10.4. The van der Waals surface area contributed by atoms with Gasteiger partial charge in [0.05, 0.1) is 26.6 Å². The third-order valence-corrected chi connectivity index (χ3v) is 10.4. The first kappa shape index (κ1) is 24.1. The third-order valence-electron chi connectivity index (χ3n) is 8.33. The Balaban J connectivity index is 1.64. The molecule has 0 spiro atoms. The number of nitrogens with zero attached hydrogens (tertiary/aromatic N) is 2. The molecule has 0 saturated carbocycles. The second kappa shape index (κ2) is 9.16. The van der Waals surface area contributed by atoms with E-state index in [1.54, 1.807) is 0 Å². The quantitative estimate of drug-likeness (QED) is 0.126. The van der Waals surface area contributed by atoms with Crippen LogP contribution in [0.1, 0.15) is 12.5 Å². The summed E-state index contributed by atoms with van der Waals surface area (Å²) in [4.78, 5) is 0. The Labute approximate surface area is 242 Å². The van der Waals surface area contributed by atoms with Crippen LogP contribution in [0.15, 0.2) is 102 Å². The molecule has 0 fully saturated rings. The van der Waals surface area contributed by atoms with Crippen molar-refractivity contribution in [3.05, 3.63) is 108 Å². The van der Waals surface area contributed by atoms with Crippen molar-refractivity contribution < 1.29 is 10.4 Å². The van der Waals surface area contributed by atoms with Gasteiger partial charge in [-0.3, -0.25) is 0 Å². The van der Waals surface area contributed by atoms with Crippen LogP contribution in [0.4, 0.5) is 0 Å². The summed E-state index contributed by atoms with van der Waals surface area (Å²) in [6, 6.07) is 31.7. The lowest BCUT2D eigenvalue weighted by Crippen LogP contribution is -2.42. The Bertz CT molecular complexity index is 2290. The SMILES string of the molecule is [2H]c1c(-c2c(C#N)ccc3c2oc2c(-c4cc([Si](C)(C)C)cc[n+]4C)c(C)ccc23)c2ccccc2c2ccccc12. The molecule has 41 heavy (non-hydrogen) atoms. The minimum atomic E-state index is -1.56. The molecule has 0 aliphatic heterocycles. The van der Waals surface area contributed by atoms with Crippen LogP contribution in [-0.4, -0.2) is 8.07 Å². The number of aromatic nitrogens is 1. The first-order chi connectivity index (χ1) is 20.2. The van der Waals surface area contributed by atoms with E-state index in [4.69, 9.17) is 4.42 Å². The summed E-state index contributed by atoms with van der Waals surface area (Å²) >= 11 is 0. The number of rotatable bonds is 3. The van der Waals surface area contributed by atoms with Crippen molar-refractivity contribution in [1.82, 2.24) is 0 Å². The Morgan fingerprint density at radius 2 is 1.44 bits per heavy atom. The minimum Gasteiger partial charge on any atom is -0.454 e. The number of fused-ring (bicyclic) bond motifs is 6. The lowest BCUT2D eigenvalue weighted by molar-refractivity contribution is -0.660. The molecule has 2 heterocycles. The van der Waals surface area contributed by atoms with Crippen LogP contribution >= 0.6 is 0 Å². The lowest BCUT2D eigenvalue weighted by Gasteiger charge is -2.16. The van der Waals surface area contributed by atoms with E-state index in [1.165, 1.54) is 5.19 Å². The molecule has 0 N–H and O–H groups in total. The topological polar surface area (TPSA) is 40.8 Å². The standard InChI is InChI=1S/C37H31N2OSi/c1-23-14-16-30-31-17-15-25(22-38)35(32-20-24-10-6-7-11-27(24)28-12-8-9-13-29(28)32)37(31)40-36(30)34(23)33-21-26(41(3,4)5)18-19-39(33)2/h6-21H,1-5H3/q+1/i20D. The van der Waals surface area contributed by atoms with Crippen LogP contribution < -0.4 is 9.75 Å². The van der Waals surface area contributed by atoms with E-state index in [2.05, 4.69) is 92.9 Å². The second-order valence-electron chi connectivity index (χ2n) is 12.0. The molecule has 2 aromatic heterocycles. The third kappa shape index (κ3) is 3.88. The van der Waals surface area contributed by atoms with Gasteiger partial charge in [-0.2, -0.15) is 5.26 Å². The minimum absolute atomic E-state index is 0.402. The van der Waals surface area contributed by atoms with Crippen molar-refractivity contribution >= 4 is 56.7 Å². The van der Waals surface area contributed by atoms with Crippen LogP contribution in [0.3, 0.4) is 0 Å². The van der Waals surface area contributed by atoms with Gasteiger partial charge < -0.3 is 4.42 Å². The van der Waals surface area contributed by atoms with E-state index in [0.29, 0.717) is 22.8 Å². The number of hydrogen-bond donors (Lipinski definition) is 0. The number of hydrogen-bond acceptors (Lipinski definition) is 2. The summed E-state index contributed by atoms with van der Waals surface area (Å²) in [5.41, 5.74) is 6.66. The van der Waals surface area contributed by atoms with Gasteiger partial charge in [-0.25, -0.2) is 4.57 Å². The van der Waals surface area contributed by atoms with Crippen molar-refractivity contribution in [2.24, 2.45) is 7.05 Å². The fourth-order valence-corrected chi connectivity index (χ4v) is 7.25. The molecule has 0 unspecified atom stereocenters.